The van der Waals surface area contributed by atoms with E-state index in [1.807, 2.05) is 4.90 Å². The lowest BCUT2D eigenvalue weighted by Crippen LogP contribution is -2.53. The van der Waals surface area contributed by atoms with Crippen molar-refractivity contribution in [2.45, 2.75) is 25.6 Å². The van der Waals surface area contributed by atoms with E-state index < -0.39 is 11.7 Å². The van der Waals surface area contributed by atoms with Crippen LogP contribution in [-0.4, -0.2) is 72.8 Å². The zero-order valence-electron chi connectivity index (χ0n) is 17.4. The number of halogens is 3. The fourth-order valence-electron chi connectivity index (χ4n) is 4.42. The summed E-state index contributed by atoms with van der Waals surface area (Å²) in [5.74, 6) is 0.217. The van der Waals surface area contributed by atoms with Gasteiger partial charge in [0.15, 0.2) is 0 Å². The van der Waals surface area contributed by atoms with Gasteiger partial charge in [-0.3, -0.25) is 19.7 Å². The number of morpholine rings is 1. The number of carbonyl (C=O) groups is 1. The maximum absolute atomic E-state index is 13.4. The molecule has 0 spiro atoms. The third kappa shape index (κ3) is 5.07. The van der Waals surface area contributed by atoms with Gasteiger partial charge in [-0.2, -0.15) is 13.2 Å². The normalized spacial score (nSPS) is 23.2. The van der Waals surface area contributed by atoms with Crippen molar-refractivity contribution < 1.29 is 22.7 Å². The fourth-order valence-corrected chi connectivity index (χ4v) is 4.42. The van der Waals surface area contributed by atoms with Gasteiger partial charge in [0.2, 0.25) is 5.91 Å². The molecular formula is C21H26F3N5O2. The monoisotopic (exact) mass is 437 g/mol. The molecule has 1 N–H and O–H groups in total. The Labute approximate surface area is 178 Å². The van der Waals surface area contributed by atoms with Crippen molar-refractivity contribution in [2.24, 2.45) is 5.92 Å². The van der Waals surface area contributed by atoms with E-state index in [4.69, 9.17) is 4.74 Å². The lowest BCUT2D eigenvalue weighted by molar-refractivity contribution is -0.136. The van der Waals surface area contributed by atoms with Crippen molar-refractivity contribution in [2.75, 3.05) is 50.8 Å². The molecule has 2 saturated heterocycles. The Hall–Kier alpha value is -2.46. The van der Waals surface area contributed by atoms with E-state index in [1.54, 1.807) is 0 Å². The summed E-state index contributed by atoms with van der Waals surface area (Å²) in [5, 5.41) is 3.10. The van der Waals surface area contributed by atoms with Gasteiger partial charge in [-0.25, -0.2) is 0 Å². The number of nitrogens with zero attached hydrogens (tertiary/aromatic N) is 4. The molecule has 4 rings (SSSR count). The van der Waals surface area contributed by atoms with Gasteiger partial charge in [0, 0.05) is 44.6 Å². The Bertz CT molecular complexity index is 933. The van der Waals surface area contributed by atoms with E-state index in [9.17, 15) is 18.0 Å². The average molecular weight is 437 g/mol. The van der Waals surface area contributed by atoms with E-state index in [2.05, 4.69) is 27.1 Å². The van der Waals surface area contributed by atoms with Crippen molar-refractivity contribution in [3.63, 3.8) is 0 Å². The first-order valence-corrected chi connectivity index (χ1v) is 10.5. The van der Waals surface area contributed by atoms with Crippen LogP contribution in [0.25, 0.3) is 11.0 Å². The first kappa shape index (κ1) is 21.8. The van der Waals surface area contributed by atoms with Crippen LogP contribution in [0.1, 0.15) is 18.9 Å². The van der Waals surface area contributed by atoms with E-state index in [1.165, 1.54) is 18.5 Å². The zero-order chi connectivity index (χ0) is 22.0. The molecule has 1 amide bonds. The van der Waals surface area contributed by atoms with Crippen LogP contribution in [0.5, 0.6) is 0 Å². The summed E-state index contributed by atoms with van der Waals surface area (Å²) in [6, 6.07) is 2.44. The Balaban J connectivity index is 1.52. The van der Waals surface area contributed by atoms with E-state index in [0.29, 0.717) is 38.5 Å². The maximum atomic E-state index is 13.4. The highest BCUT2D eigenvalue weighted by molar-refractivity contribution is 5.91. The molecule has 10 heteroatoms. The molecule has 1 aromatic heterocycles. The van der Waals surface area contributed by atoms with Gasteiger partial charge >= 0.3 is 6.18 Å². The summed E-state index contributed by atoms with van der Waals surface area (Å²) >= 11 is 0. The van der Waals surface area contributed by atoms with Crippen LogP contribution in [0, 0.1) is 5.92 Å². The molecule has 0 aliphatic carbocycles. The molecule has 3 heterocycles. The minimum absolute atomic E-state index is 0.0435. The van der Waals surface area contributed by atoms with Gasteiger partial charge in [-0.1, -0.05) is 6.92 Å². The van der Waals surface area contributed by atoms with Crippen LogP contribution in [0.15, 0.2) is 24.5 Å². The number of amides is 1. The number of anilines is 1. The second-order valence-electron chi connectivity index (χ2n) is 8.28. The maximum Gasteiger partial charge on any atom is 0.418 e. The van der Waals surface area contributed by atoms with Crippen molar-refractivity contribution in [1.29, 1.82) is 0 Å². The number of rotatable bonds is 4. The Morgan fingerprint density at radius 1 is 1.16 bits per heavy atom. The molecule has 2 atom stereocenters. The zero-order valence-corrected chi connectivity index (χ0v) is 17.4. The summed E-state index contributed by atoms with van der Waals surface area (Å²) in [6.45, 7) is 6.30. The molecule has 2 aliphatic heterocycles. The van der Waals surface area contributed by atoms with Crippen molar-refractivity contribution in [3.05, 3.63) is 30.1 Å². The highest BCUT2D eigenvalue weighted by Crippen LogP contribution is 2.37. The topological polar surface area (TPSA) is 70.6 Å². The second kappa shape index (κ2) is 8.96. The van der Waals surface area contributed by atoms with E-state index >= 15 is 0 Å². The molecule has 168 valence electrons. The van der Waals surface area contributed by atoms with Crippen molar-refractivity contribution >= 4 is 22.6 Å². The summed E-state index contributed by atoms with van der Waals surface area (Å²) < 4.78 is 45.5. The third-order valence-corrected chi connectivity index (χ3v) is 5.75. The van der Waals surface area contributed by atoms with Crippen LogP contribution >= 0.6 is 0 Å². The number of piperidine rings is 1. The molecule has 1 aromatic carbocycles. The van der Waals surface area contributed by atoms with Gasteiger partial charge in [-0.15, -0.1) is 0 Å². The number of aromatic nitrogens is 2. The van der Waals surface area contributed by atoms with Crippen LogP contribution in [0.4, 0.5) is 18.9 Å². The molecule has 0 radical (unpaired) electrons. The predicted molar refractivity (Wildman–Crippen MR) is 110 cm³/mol. The van der Waals surface area contributed by atoms with Gasteiger partial charge in [0.05, 0.1) is 31.0 Å². The third-order valence-electron chi connectivity index (χ3n) is 5.75. The molecule has 0 bridgehead atoms. The Morgan fingerprint density at radius 2 is 1.87 bits per heavy atom. The molecule has 31 heavy (non-hydrogen) atoms. The smallest absolute Gasteiger partial charge is 0.379 e. The fraction of sp³-hybridized carbons (Fsp3) is 0.571. The van der Waals surface area contributed by atoms with E-state index in [-0.39, 0.29) is 28.9 Å². The van der Waals surface area contributed by atoms with Crippen LogP contribution in [0.2, 0.25) is 0 Å². The highest BCUT2D eigenvalue weighted by Gasteiger charge is 2.35. The first-order valence-electron chi connectivity index (χ1n) is 10.5. The number of benzene rings is 1. The molecule has 0 unspecified atom stereocenters. The molecular weight excluding hydrogens is 411 g/mol. The lowest BCUT2D eigenvalue weighted by atomic mass is 9.95. The van der Waals surface area contributed by atoms with E-state index in [0.717, 1.165) is 25.6 Å². The number of hydrogen-bond donors (Lipinski definition) is 1. The SMILES string of the molecule is C[C@H]1C[C@@H](NC(=O)CN2CCOCC2)CN(c2ccc(C(F)(F)F)c3nccnc23)C1. The number of fused-ring (bicyclic) bond motifs is 1. The summed E-state index contributed by atoms with van der Waals surface area (Å²) in [4.78, 5) is 24.8. The molecule has 2 fully saturated rings. The summed E-state index contributed by atoms with van der Waals surface area (Å²) in [7, 11) is 0. The van der Waals surface area contributed by atoms with Crippen LogP contribution in [0.3, 0.4) is 0 Å². The summed E-state index contributed by atoms with van der Waals surface area (Å²) in [5.41, 5.74) is -0.113. The van der Waals surface area contributed by atoms with Gasteiger partial charge in [-0.05, 0) is 24.5 Å². The average Bonchev–Trinajstić information content (AvgIpc) is 2.72. The Morgan fingerprint density at radius 3 is 2.58 bits per heavy atom. The van der Waals surface area contributed by atoms with Gasteiger partial charge in [0.25, 0.3) is 0 Å². The Kier molecular flexibility index (Phi) is 6.29. The minimum atomic E-state index is -4.50. The molecule has 2 aliphatic rings. The van der Waals surface area contributed by atoms with Crippen LogP contribution in [-0.2, 0) is 15.7 Å². The van der Waals surface area contributed by atoms with Crippen molar-refractivity contribution in [3.8, 4) is 0 Å². The number of ether oxygens (including phenoxy) is 1. The standard InChI is InChI=1S/C21H26F3N5O2/c1-14-10-15(27-18(30)13-28-6-8-31-9-7-28)12-29(11-14)17-3-2-16(21(22,23)24)19-20(17)26-5-4-25-19/h2-5,14-15H,6-13H2,1H3,(H,27,30)/t14-,15+/m0/s1. The minimum Gasteiger partial charge on any atom is -0.379 e. The number of hydrogen-bond acceptors (Lipinski definition) is 6. The number of alkyl halides is 3. The quantitative estimate of drug-likeness (QED) is 0.792. The van der Waals surface area contributed by atoms with Gasteiger partial charge < -0.3 is 15.0 Å². The first-order chi connectivity index (χ1) is 14.8. The summed E-state index contributed by atoms with van der Waals surface area (Å²) in [6.07, 6.45) is -1.01. The largest absolute Gasteiger partial charge is 0.418 e. The molecule has 2 aromatic rings. The number of nitrogens with one attached hydrogen (secondary N) is 1. The highest BCUT2D eigenvalue weighted by atomic mass is 19.4. The predicted octanol–water partition coefficient (Wildman–Crippen LogP) is 2.31. The van der Waals surface area contributed by atoms with Crippen molar-refractivity contribution in [1.82, 2.24) is 20.2 Å². The number of carbonyl (C=O) groups excluding carboxylic acids is 1. The molecule has 0 saturated carbocycles. The second-order valence-corrected chi connectivity index (χ2v) is 8.28. The molecule has 7 nitrogen and oxygen atoms in total. The van der Waals surface area contributed by atoms with Crippen LogP contribution < -0.4 is 10.2 Å². The lowest BCUT2D eigenvalue weighted by Gasteiger charge is -2.39. The van der Waals surface area contributed by atoms with Gasteiger partial charge in [0.1, 0.15) is 11.0 Å².